The first-order chi connectivity index (χ1) is 10.8. The fraction of sp³-hybridized carbons (Fsp3) is 0.471. The van der Waals surface area contributed by atoms with Gasteiger partial charge in [0.15, 0.2) is 0 Å². The van der Waals surface area contributed by atoms with Crippen LogP contribution >= 0.6 is 0 Å². The number of hydrogen-bond donors (Lipinski definition) is 1. The Labute approximate surface area is 135 Å². The highest BCUT2D eigenvalue weighted by molar-refractivity contribution is 5.88. The van der Waals surface area contributed by atoms with E-state index in [4.69, 9.17) is 5.11 Å². The van der Waals surface area contributed by atoms with Crippen molar-refractivity contribution in [2.75, 3.05) is 7.11 Å². The van der Waals surface area contributed by atoms with Crippen molar-refractivity contribution in [3.63, 3.8) is 0 Å². The summed E-state index contributed by atoms with van der Waals surface area (Å²) in [6, 6.07) is 4.89. The summed E-state index contributed by atoms with van der Waals surface area (Å²) >= 11 is 0. The standard InChI is InChI=1S/C17H21NO5/c1-10(2)18-9-12-5-4-11(17(21)22)6-13(12)7-14(16(18)20)8-15(19)23-3/h4-6,10,14H,7-9H2,1-3H3,(H,21,22)/t14-/m0/s1. The molecule has 1 aromatic rings. The van der Waals surface area contributed by atoms with E-state index < -0.39 is 17.9 Å². The van der Waals surface area contributed by atoms with Gasteiger partial charge in [0.1, 0.15) is 0 Å². The van der Waals surface area contributed by atoms with Crippen molar-refractivity contribution in [1.29, 1.82) is 0 Å². The maximum Gasteiger partial charge on any atom is 0.335 e. The zero-order chi connectivity index (χ0) is 17.1. The molecular formula is C17H21NO5. The van der Waals surface area contributed by atoms with Gasteiger partial charge in [0, 0.05) is 12.6 Å². The second kappa shape index (κ2) is 6.81. The van der Waals surface area contributed by atoms with Crippen LogP contribution in [-0.2, 0) is 27.3 Å². The van der Waals surface area contributed by atoms with Gasteiger partial charge in [0.25, 0.3) is 0 Å². The molecule has 1 aromatic carbocycles. The smallest absolute Gasteiger partial charge is 0.335 e. The van der Waals surface area contributed by atoms with Gasteiger partial charge >= 0.3 is 11.9 Å². The molecule has 1 N–H and O–H groups in total. The molecule has 6 nitrogen and oxygen atoms in total. The monoisotopic (exact) mass is 319 g/mol. The summed E-state index contributed by atoms with van der Waals surface area (Å²) in [7, 11) is 1.29. The third-order valence-electron chi connectivity index (χ3n) is 4.16. The van der Waals surface area contributed by atoms with Crippen molar-refractivity contribution in [1.82, 2.24) is 4.90 Å². The van der Waals surface area contributed by atoms with Gasteiger partial charge in [-0.25, -0.2) is 4.79 Å². The highest BCUT2D eigenvalue weighted by Crippen LogP contribution is 2.27. The zero-order valence-electron chi connectivity index (χ0n) is 13.5. The third-order valence-corrected chi connectivity index (χ3v) is 4.16. The molecule has 0 aromatic heterocycles. The van der Waals surface area contributed by atoms with Gasteiger partial charge in [-0.05, 0) is 43.5 Å². The van der Waals surface area contributed by atoms with E-state index in [1.807, 2.05) is 13.8 Å². The van der Waals surface area contributed by atoms with E-state index >= 15 is 0 Å². The van der Waals surface area contributed by atoms with Crippen molar-refractivity contribution in [3.8, 4) is 0 Å². The number of carbonyl (C=O) groups is 3. The van der Waals surface area contributed by atoms with Gasteiger partial charge < -0.3 is 14.7 Å². The third kappa shape index (κ3) is 3.70. The topological polar surface area (TPSA) is 83.9 Å². The van der Waals surface area contributed by atoms with Crippen LogP contribution in [0.25, 0.3) is 0 Å². The SMILES string of the molecule is COC(=O)C[C@@H]1Cc2cc(C(=O)O)ccc2CN(C(C)C)C1=O. The van der Waals surface area contributed by atoms with Gasteiger partial charge in [-0.2, -0.15) is 0 Å². The van der Waals surface area contributed by atoms with E-state index in [1.54, 1.807) is 23.1 Å². The van der Waals surface area contributed by atoms with Crippen LogP contribution in [-0.4, -0.2) is 41.0 Å². The molecule has 6 heteroatoms. The zero-order valence-corrected chi connectivity index (χ0v) is 13.5. The van der Waals surface area contributed by atoms with Crippen LogP contribution in [0.3, 0.4) is 0 Å². The molecule has 1 aliphatic rings. The maximum atomic E-state index is 12.7. The van der Waals surface area contributed by atoms with Gasteiger partial charge in [-0.3, -0.25) is 9.59 Å². The lowest BCUT2D eigenvalue weighted by molar-refractivity contribution is -0.147. The second-order valence-corrected chi connectivity index (χ2v) is 6.03. The minimum absolute atomic E-state index is 0.00467. The second-order valence-electron chi connectivity index (χ2n) is 6.03. The number of carboxylic acid groups (broad SMARTS) is 1. The first-order valence-corrected chi connectivity index (χ1v) is 7.55. The molecule has 1 heterocycles. The molecule has 0 bridgehead atoms. The van der Waals surface area contributed by atoms with Crippen molar-refractivity contribution in [2.24, 2.45) is 5.92 Å². The number of nitrogens with zero attached hydrogens (tertiary/aromatic N) is 1. The van der Waals surface area contributed by atoms with Crippen LogP contribution in [0.4, 0.5) is 0 Å². The Hall–Kier alpha value is -2.37. The highest BCUT2D eigenvalue weighted by atomic mass is 16.5. The molecule has 1 amide bonds. The largest absolute Gasteiger partial charge is 0.478 e. The summed E-state index contributed by atoms with van der Waals surface area (Å²) in [5.41, 5.74) is 1.91. The number of rotatable bonds is 4. The number of methoxy groups -OCH3 is 1. The Morgan fingerprint density at radius 1 is 1.35 bits per heavy atom. The van der Waals surface area contributed by atoms with E-state index in [0.29, 0.717) is 13.0 Å². The summed E-state index contributed by atoms with van der Waals surface area (Å²) in [5, 5.41) is 9.15. The number of amides is 1. The molecule has 0 spiro atoms. The summed E-state index contributed by atoms with van der Waals surface area (Å²) in [6.45, 7) is 4.26. The fourth-order valence-corrected chi connectivity index (χ4v) is 2.83. The summed E-state index contributed by atoms with van der Waals surface area (Å²) in [5.74, 6) is -2.08. The van der Waals surface area contributed by atoms with Crippen LogP contribution in [0.2, 0.25) is 0 Å². The van der Waals surface area contributed by atoms with Crippen molar-refractivity contribution in [2.45, 2.75) is 39.3 Å². The summed E-state index contributed by atoms with van der Waals surface area (Å²) in [4.78, 5) is 37.2. The Balaban J connectivity index is 2.42. The minimum Gasteiger partial charge on any atom is -0.478 e. The van der Waals surface area contributed by atoms with Crippen molar-refractivity contribution < 1.29 is 24.2 Å². The summed E-state index contributed by atoms with van der Waals surface area (Å²) < 4.78 is 4.68. The molecule has 124 valence electrons. The van der Waals surface area contributed by atoms with Gasteiger partial charge in [0.2, 0.25) is 5.91 Å². The lowest BCUT2D eigenvalue weighted by Crippen LogP contribution is -2.40. The normalized spacial score (nSPS) is 17.7. The van der Waals surface area contributed by atoms with E-state index in [1.165, 1.54) is 7.11 Å². The molecule has 0 radical (unpaired) electrons. The van der Waals surface area contributed by atoms with E-state index in [-0.39, 0.29) is 23.9 Å². The Kier molecular flexibility index (Phi) is 5.03. The maximum absolute atomic E-state index is 12.7. The predicted molar refractivity (Wildman–Crippen MR) is 82.9 cm³/mol. The van der Waals surface area contributed by atoms with Crippen LogP contribution in [0, 0.1) is 5.92 Å². The number of aromatic carboxylic acids is 1. The van der Waals surface area contributed by atoms with E-state index in [2.05, 4.69) is 4.74 Å². The Bertz CT molecular complexity index is 638. The molecule has 2 rings (SSSR count). The first kappa shape index (κ1) is 17.0. The number of esters is 1. The van der Waals surface area contributed by atoms with Crippen molar-refractivity contribution >= 4 is 17.8 Å². The van der Waals surface area contributed by atoms with Crippen LogP contribution < -0.4 is 0 Å². The van der Waals surface area contributed by atoms with Gasteiger partial charge in [-0.1, -0.05) is 6.07 Å². The number of carbonyl (C=O) groups excluding carboxylic acids is 2. The van der Waals surface area contributed by atoms with Crippen molar-refractivity contribution in [3.05, 3.63) is 34.9 Å². The number of carboxylic acids is 1. The lowest BCUT2D eigenvalue weighted by Gasteiger charge is -2.28. The molecule has 0 saturated heterocycles. The average Bonchev–Trinajstić information content (AvgIpc) is 2.64. The highest BCUT2D eigenvalue weighted by Gasteiger charge is 2.32. The first-order valence-electron chi connectivity index (χ1n) is 7.55. The molecule has 0 unspecified atom stereocenters. The molecular weight excluding hydrogens is 298 g/mol. The molecule has 0 saturated carbocycles. The molecule has 0 fully saturated rings. The Morgan fingerprint density at radius 3 is 2.61 bits per heavy atom. The predicted octanol–water partition coefficient (Wildman–Crippen LogP) is 1.86. The molecule has 1 atom stereocenters. The Morgan fingerprint density at radius 2 is 2.04 bits per heavy atom. The minimum atomic E-state index is -1.01. The van der Waals surface area contributed by atoms with Crippen LogP contribution in [0.1, 0.15) is 41.8 Å². The average molecular weight is 319 g/mol. The number of benzene rings is 1. The van der Waals surface area contributed by atoms with E-state index in [9.17, 15) is 14.4 Å². The molecule has 1 aliphatic heterocycles. The quantitative estimate of drug-likeness (QED) is 0.856. The van der Waals surface area contributed by atoms with Gasteiger partial charge in [0.05, 0.1) is 25.0 Å². The van der Waals surface area contributed by atoms with Crippen LogP contribution in [0.5, 0.6) is 0 Å². The molecule has 0 aliphatic carbocycles. The van der Waals surface area contributed by atoms with E-state index in [0.717, 1.165) is 11.1 Å². The fourth-order valence-electron chi connectivity index (χ4n) is 2.83. The number of hydrogen-bond acceptors (Lipinski definition) is 4. The number of ether oxygens (including phenoxy) is 1. The number of fused-ring (bicyclic) bond motifs is 1. The van der Waals surface area contributed by atoms with Crippen LogP contribution in [0.15, 0.2) is 18.2 Å². The summed E-state index contributed by atoms with van der Waals surface area (Å²) in [6.07, 6.45) is 0.336. The molecule has 23 heavy (non-hydrogen) atoms. The van der Waals surface area contributed by atoms with Gasteiger partial charge in [-0.15, -0.1) is 0 Å². The lowest BCUT2D eigenvalue weighted by atomic mass is 9.93.